The van der Waals surface area contributed by atoms with E-state index in [1.165, 1.54) is 12.8 Å². The topological polar surface area (TPSA) is 50.8 Å². The van der Waals surface area contributed by atoms with E-state index in [-0.39, 0.29) is 11.6 Å². The predicted molar refractivity (Wildman–Crippen MR) is 72.1 cm³/mol. The largest absolute Gasteiger partial charge is 0.448 e. The van der Waals surface area contributed by atoms with Crippen molar-refractivity contribution in [1.29, 1.82) is 0 Å². The Labute approximate surface area is 116 Å². The number of fused-ring (bicyclic) bond motifs is 1. The number of nitrogens with one attached hydrogen (secondary N) is 1. The van der Waals surface area contributed by atoms with Crippen molar-refractivity contribution in [3.05, 3.63) is 0 Å². The van der Waals surface area contributed by atoms with E-state index in [1.807, 2.05) is 23.0 Å². The lowest BCUT2D eigenvalue weighted by Crippen LogP contribution is -2.46. The van der Waals surface area contributed by atoms with Crippen molar-refractivity contribution in [3.8, 4) is 0 Å². The van der Waals surface area contributed by atoms with E-state index >= 15 is 0 Å². The quantitative estimate of drug-likeness (QED) is 0.781. The van der Waals surface area contributed by atoms with E-state index in [0.29, 0.717) is 12.6 Å². The van der Waals surface area contributed by atoms with Gasteiger partial charge in [-0.15, -0.1) is 0 Å². The molecule has 17 heavy (non-hydrogen) atoms. The van der Waals surface area contributed by atoms with Crippen molar-refractivity contribution in [1.82, 2.24) is 10.2 Å². The molecule has 2 saturated heterocycles. The standard InChI is InChI=1S/C11H19IN2O3/c1-13-10(15)16-7-9-3-5-11(8-17-12)4-2-6-14(9)11/h9H,2-8H2,1H3,(H,13,15)/t9-,11-/m1/s1. The van der Waals surface area contributed by atoms with E-state index < -0.39 is 0 Å². The fourth-order valence-corrected chi connectivity index (χ4v) is 3.71. The third kappa shape index (κ3) is 2.68. The molecular formula is C11H19IN2O3. The molecule has 0 aromatic carbocycles. The Bertz CT molecular complexity index is 290. The van der Waals surface area contributed by atoms with Crippen molar-refractivity contribution in [2.24, 2.45) is 0 Å². The first-order valence-electron chi connectivity index (χ1n) is 6.07. The number of alkyl carbamates (subject to hydrolysis) is 1. The summed E-state index contributed by atoms with van der Waals surface area (Å²) in [6.07, 6.45) is 4.32. The Kier molecular flexibility index (Phi) is 4.48. The number of halogens is 1. The third-order valence-electron chi connectivity index (χ3n) is 3.97. The van der Waals surface area contributed by atoms with E-state index in [9.17, 15) is 4.79 Å². The van der Waals surface area contributed by atoms with Crippen LogP contribution in [-0.2, 0) is 7.80 Å². The van der Waals surface area contributed by atoms with Crippen LogP contribution in [0.4, 0.5) is 4.79 Å². The molecule has 1 amide bonds. The monoisotopic (exact) mass is 354 g/mol. The molecule has 2 aliphatic heterocycles. The van der Waals surface area contributed by atoms with Gasteiger partial charge in [0.15, 0.2) is 0 Å². The first kappa shape index (κ1) is 13.4. The van der Waals surface area contributed by atoms with Gasteiger partial charge in [0, 0.05) is 18.6 Å². The van der Waals surface area contributed by atoms with Crippen molar-refractivity contribution < 1.29 is 12.6 Å². The highest BCUT2D eigenvalue weighted by Crippen LogP contribution is 2.42. The van der Waals surface area contributed by atoms with Crippen LogP contribution in [0.15, 0.2) is 0 Å². The summed E-state index contributed by atoms with van der Waals surface area (Å²) in [7, 11) is 1.58. The van der Waals surface area contributed by atoms with Crippen LogP contribution in [-0.4, -0.2) is 49.4 Å². The van der Waals surface area contributed by atoms with Gasteiger partial charge in [-0.05, 0) is 32.2 Å². The highest BCUT2D eigenvalue weighted by Gasteiger charge is 2.49. The maximum absolute atomic E-state index is 11.1. The molecule has 2 rings (SSSR count). The SMILES string of the molecule is CNC(=O)OC[C@H]1CC[C@@]2(COI)CCCN12. The molecule has 0 saturated carbocycles. The van der Waals surface area contributed by atoms with Crippen molar-refractivity contribution in [2.75, 3.05) is 26.8 Å². The Morgan fingerprint density at radius 2 is 2.41 bits per heavy atom. The van der Waals surface area contributed by atoms with Gasteiger partial charge in [-0.3, -0.25) is 4.90 Å². The van der Waals surface area contributed by atoms with Crippen LogP contribution in [0.5, 0.6) is 0 Å². The highest BCUT2D eigenvalue weighted by molar-refractivity contribution is 14.1. The number of ether oxygens (including phenoxy) is 1. The fourth-order valence-electron chi connectivity index (χ4n) is 3.13. The smallest absolute Gasteiger partial charge is 0.406 e. The Hall–Kier alpha value is -0.0800. The number of amides is 1. The summed E-state index contributed by atoms with van der Waals surface area (Å²) in [5.74, 6) is 0. The summed E-state index contributed by atoms with van der Waals surface area (Å²) >= 11 is 1.97. The zero-order valence-corrected chi connectivity index (χ0v) is 12.2. The molecule has 1 N–H and O–H groups in total. The number of nitrogens with zero attached hydrogens (tertiary/aromatic N) is 1. The van der Waals surface area contributed by atoms with Gasteiger partial charge >= 0.3 is 6.09 Å². The highest BCUT2D eigenvalue weighted by atomic mass is 127. The van der Waals surface area contributed by atoms with Crippen molar-refractivity contribution >= 4 is 29.1 Å². The first-order chi connectivity index (χ1) is 8.22. The Morgan fingerprint density at radius 3 is 3.12 bits per heavy atom. The van der Waals surface area contributed by atoms with E-state index in [4.69, 9.17) is 7.80 Å². The minimum absolute atomic E-state index is 0.206. The zero-order valence-electron chi connectivity index (χ0n) is 10.1. The number of hydrogen-bond acceptors (Lipinski definition) is 4. The summed E-state index contributed by atoms with van der Waals surface area (Å²) in [5, 5.41) is 2.48. The number of rotatable bonds is 4. The summed E-state index contributed by atoms with van der Waals surface area (Å²) in [5.41, 5.74) is 0.206. The Balaban J connectivity index is 1.91. The maximum atomic E-state index is 11.1. The molecule has 0 aliphatic carbocycles. The molecule has 6 heteroatoms. The van der Waals surface area contributed by atoms with Gasteiger partial charge in [-0.1, -0.05) is 0 Å². The molecule has 2 heterocycles. The summed E-state index contributed by atoms with van der Waals surface area (Å²) in [4.78, 5) is 13.6. The van der Waals surface area contributed by atoms with Gasteiger partial charge in [-0.2, -0.15) is 0 Å². The summed E-state index contributed by atoms with van der Waals surface area (Å²) in [6, 6.07) is 0.362. The van der Waals surface area contributed by atoms with Crippen LogP contribution in [0.25, 0.3) is 0 Å². The van der Waals surface area contributed by atoms with Gasteiger partial charge in [0.2, 0.25) is 0 Å². The fraction of sp³-hybridized carbons (Fsp3) is 0.909. The van der Waals surface area contributed by atoms with Crippen LogP contribution in [0.3, 0.4) is 0 Å². The van der Waals surface area contributed by atoms with Crippen molar-refractivity contribution in [2.45, 2.75) is 37.3 Å². The molecule has 0 aromatic rings. The first-order valence-corrected chi connectivity index (χ1v) is 6.95. The molecule has 0 spiro atoms. The molecule has 2 fully saturated rings. The minimum Gasteiger partial charge on any atom is -0.448 e. The molecule has 0 unspecified atom stereocenters. The molecule has 2 atom stereocenters. The lowest BCUT2D eigenvalue weighted by atomic mass is 9.95. The molecule has 2 aliphatic rings. The van der Waals surface area contributed by atoms with Gasteiger partial charge in [-0.25, -0.2) is 4.79 Å². The van der Waals surface area contributed by atoms with Crippen LogP contribution in [0.1, 0.15) is 25.7 Å². The van der Waals surface area contributed by atoms with Gasteiger partial charge < -0.3 is 13.1 Å². The number of carbonyl (C=O) groups is 1. The third-order valence-corrected chi connectivity index (χ3v) is 4.28. The van der Waals surface area contributed by atoms with E-state index in [2.05, 4.69) is 10.2 Å². The summed E-state index contributed by atoms with van der Waals surface area (Å²) in [6.45, 7) is 2.37. The average molecular weight is 354 g/mol. The molecule has 0 aromatic heterocycles. The second kappa shape index (κ2) is 5.71. The lowest BCUT2D eigenvalue weighted by molar-refractivity contribution is 0.0674. The maximum Gasteiger partial charge on any atom is 0.406 e. The van der Waals surface area contributed by atoms with E-state index in [1.54, 1.807) is 7.05 Å². The Morgan fingerprint density at radius 1 is 1.59 bits per heavy atom. The van der Waals surface area contributed by atoms with E-state index in [0.717, 1.165) is 26.0 Å². The molecule has 0 bridgehead atoms. The molecule has 0 radical (unpaired) electrons. The molecular weight excluding hydrogens is 335 g/mol. The van der Waals surface area contributed by atoms with Crippen molar-refractivity contribution in [3.63, 3.8) is 0 Å². The summed E-state index contributed by atoms with van der Waals surface area (Å²) < 4.78 is 10.5. The van der Waals surface area contributed by atoms with Gasteiger partial charge in [0.05, 0.1) is 6.61 Å². The second-order valence-corrected chi connectivity index (χ2v) is 5.44. The zero-order chi connectivity index (χ0) is 12.3. The van der Waals surface area contributed by atoms with Crippen LogP contribution < -0.4 is 5.32 Å². The molecule has 98 valence electrons. The average Bonchev–Trinajstić information content (AvgIpc) is 2.85. The van der Waals surface area contributed by atoms with Gasteiger partial charge in [0.25, 0.3) is 0 Å². The van der Waals surface area contributed by atoms with Crippen LogP contribution in [0, 0.1) is 0 Å². The normalized spacial score (nSPS) is 32.5. The number of hydrogen-bond donors (Lipinski definition) is 1. The molecule has 5 nitrogen and oxygen atoms in total. The van der Waals surface area contributed by atoms with Gasteiger partial charge in [0.1, 0.15) is 29.6 Å². The second-order valence-electron chi connectivity index (χ2n) is 4.82. The number of carbonyl (C=O) groups excluding carboxylic acids is 1. The lowest BCUT2D eigenvalue weighted by Gasteiger charge is -2.33. The minimum atomic E-state index is -0.341. The van der Waals surface area contributed by atoms with Crippen LogP contribution >= 0.6 is 23.0 Å². The predicted octanol–water partition coefficient (Wildman–Crippen LogP) is 1.71. The van der Waals surface area contributed by atoms with Crippen LogP contribution in [0.2, 0.25) is 0 Å².